The number of hydrogen-bond acceptors (Lipinski definition) is 5. The van der Waals surface area contributed by atoms with E-state index < -0.39 is 27.2 Å². The number of nitrogens with one attached hydrogen (secondary N) is 1. The highest BCUT2D eigenvalue weighted by Gasteiger charge is 2.42. The molecule has 0 amide bonds. The Labute approximate surface area is 112 Å². The molecule has 106 valence electrons. The van der Waals surface area contributed by atoms with E-state index in [1.165, 1.54) is 18.0 Å². The molecule has 1 fully saturated rings. The Hall–Kier alpha value is -1.57. The maximum absolute atomic E-state index is 12.3. The van der Waals surface area contributed by atoms with Gasteiger partial charge in [-0.05, 0) is 12.8 Å². The number of esters is 1. The summed E-state index contributed by atoms with van der Waals surface area (Å²) in [5, 5.41) is 3.16. The molecule has 2 rings (SSSR count). The average Bonchev–Trinajstić information content (AvgIpc) is 2.97. The number of anilines is 1. The molecule has 0 aromatic carbocycles. The number of rotatable bonds is 4. The van der Waals surface area contributed by atoms with Gasteiger partial charge in [-0.15, -0.1) is 0 Å². The number of ether oxygens (including phenoxy) is 1. The van der Waals surface area contributed by atoms with Crippen molar-refractivity contribution in [3.63, 3.8) is 0 Å². The van der Waals surface area contributed by atoms with Crippen LogP contribution in [0.15, 0.2) is 12.4 Å². The molecule has 0 bridgehead atoms. The first-order valence-electron chi connectivity index (χ1n) is 6.02. The SMILES string of the molecule is COC(=O)C1CCCC1S(=O)(=O)Nc1cnn(C)c1. The number of carbonyl (C=O) groups excluding carboxylic acids is 1. The molecule has 1 saturated carbocycles. The second-order valence-electron chi connectivity index (χ2n) is 4.65. The Balaban J connectivity index is 2.17. The summed E-state index contributed by atoms with van der Waals surface area (Å²) >= 11 is 0. The number of hydrogen-bond donors (Lipinski definition) is 1. The van der Waals surface area contributed by atoms with E-state index in [1.807, 2.05) is 0 Å². The van der Waals surface area contributed by atoms with Crippen LogP contribution in [0.5, 0.6) is 0 Å². The lowest BCUT2D eigenvalue weighted by Crippen LogP contribution is -2.35. The molecule has 1 heterocycles. The molecule has 1 aliphatic carbocycles. The Kier molecular flexibility index (Phi) is 3.79. The monoisotopic (exact) mass is 287 g/mol. The minimum absolute atomic E-state index is 0.401. The standard InChI is InChI=1S/C11H17N3O4S/c1-14-7-8(6-12-14)13-19(16,17)10-5-3-4-9(10)11(15)18-2/h6-7,9-10,13H,3-5H2,1-2H3. The third-order valence-corrected chi connectivity index (χ3v) is 5.20. The average molecular weight is 287 g/mol. The second kappa shape index (κ2) is 5.20. The van der Waals surface area contributed by atoms with Gasteiger partial charge >= 0.3 is 5.97 Å². The van der Waals surface area contributed by atoms with E-state index in [0.717, 1.165) is 0 Å². The largest absolute Gasteiger partial charge is 0.469 e. The predicted molar refractivity (Wildman–Crippen MR) is 68.9 cm³/mol. The first-order valence-corrected chi connectivity index (χ1v) is 7.57. The van der Waals surface area contributed by atoms with Gasteiger partial charge in [-0.3, -0.25) is 14.2 Å². The highest BCUT2D eigenvalue weighted by Crippen LogP contribution is 2.32. The zero-order chi connectivity index (χ0) is 14.0. The van der Waals surface area contributed by atoms with E-state index in [4.69, 9.17) is 0 Å². The molecule has 0 spiro atoms. The van der Waals surface area contributed by atoms with Crippen LogP contribution in [0.25, 0.3) is 0 Å². The van der Waals surface area contributed by atoms with Crippen molar-refractivity contribution in [1.29, 1.82) is 0 Å². The minimum atomic E-state index is -3.61. The third-order valence-electron chi connectivity index (χ3n) is 3.32. The van der Waals surface area contributed by atoms with Crippen molar-refractivity contribution in [1.82, 2.24) is 9.78 Å². The smallest absolute Gasteiger partial charge is 0.310 e. The van der Waals surface area contributed by atoms with Crippen molar-refractivity contribution in [2.75, 3.05) is 11.8 Å². The lowest BCUT2D eigenvalue weighted by Gasteiger charge is -2.18. The second-order valence-corrected chi connectivity index (χ2v) is 6.55. The van der Waals surface area contributed by atoms with E-state index in [1.54, 1.807) is 13.2 Å². The van der Waals surface area contributed by atoms with Crippen LogP contribution < -0.4 is 4.72 Å². The fourth-order valence-corrected chi connectivity index (χ4v) is 4.17. The summed E-state index contributed by atoms with van der Waals surface area (Å²) in [4.78, 5) is 11.6. The molecule has 2 unspecified atom stereocenters. The van der Waals surface area contributed by atoms with Crippen LogP contribution in [0, 0.1) is 5.92 Å². The van der Waals surface area contributed by atoms with Crippen LogP contribution in [-0.2, 0) is 26.6 Å². The molecular formula is C11H17N3O4S. The molecule has 0 saturated heterocycles. The Morgan fingerprint density at radius 3 is 2.84 bits per heavy atom. The maximum Gasteiger partial charge on any atom is 0.310 e. The summed E-state index contributed by atoms with van der Waals surface area (Å²) in [7, 11) is -0.632. The highest BCUT2D eigenvalue weighted by molar-refractivity contribution is 7.93. The number of carbonyl (C=O) groups is 1. The van der Waals surface area contributed by atoms with Crippen molar-refractivity contribution >= 4 is 21.7 Å². The summed E-state index contributed by atoms with van der Waals surface area (Å²) in [6, 6.07) is 0. The summed E-state index contributed by atoms with van der Waals surface area (Å²) in [5.41, 5.74) is 0.401. The summed E-state index contributed by atoms with van der Waals surface area (Å²) in [6.45, 7) is 0. The molecule has 1 aromatic rings. The van der Waals surface area contributed by atoms with Crippen LogP contribution in [0.4, 0.5) is 5.69 Å². The molecule has 0 aliphatic heterocycles. The van der Waals surface area contributed by atoms with Crippen LogP contribution >= 0.6 is 0 Å². The first-order chi connectivity index (χ1) is 8.94. The predicted octanol–water partition coefficient (Wildman–Crippen LogP) is 0.503. The molecule has 1 N–H and O–H groups in total. The van der Waals surface area contributed by atoms with Gasteiger partial charge in [-0.2, -0.15) is 5.10 Å². The van der Waals surface area contributed by atoms with Crippen molar-refractivity contribution in [3.8, 4) is 0 Å². The fourth-order valence-electron chi connectivity index (χ4n) is 2.43. The van der Waals surface area contributed by atoms with Gasteiger partial charge in [0.2, 0.25) is 10.0 Å². The van der Waals surface area contributed by atoms with Crippen LogP contribution in [0.3, 0.4) is 0 Å². The Morgan fingerprint density at radius 1 is 1.53 bits per heavy atom. The van der Waals surface area contributed by atoms with Gasteiger partial charge in [0.15, 0.2) is 0 Å². The first kappa shape index (κ1) is 13.9. The molecule has 2 atom stereocenters. The fraction of sp³-hybridized carbons (Fsp3) is 0.636. The van der Waals surface area contributed by atoms with Crippen molar-refractivity contribution < 1.29 is 17.9 Å². The number of methoxy groups -OCH3 is 1. The minimum Gasteiger partial charge on any atom is -0.469 e. The van der Waals surface area contributed by atoms with Gasteiger partial charge in [0.25, 0.3) is 0 Å². The number of sulfonamides is 1. The van der Waals surface area contributed by atoms with Gasteiger partial charge in [0.1, 0.15) is 0 Å². The topological polar surface area (TPSA) is 90.3 Å². The highest BCUT2D eigenvalue weighted by atomic mass is 32.2. The summed E-state index contributed by atoms with van der Waals surface area (Å²) in [6.07, 6.45) is 4.72. The lowest BCUT2D eigenvalue weighted by atomic mass is 10.1. The van der Waals surface area contributed by atoms with Gasteiger partial charge in [-0.1, -0.05) is 6.42 Å². The van der Waals surface area contributed by atoms with Gasteiger partial charge in [0.05, 0.1) is 30.2 Å². The summed E-state index contributed by atoms with van der Waals surface area (Å²) in [5.74, 6) is -1.04. The molecule has 8 heteroatoms. The molecule has 19 heavy (non-hydrogen) atoms. The molecular weight excluding hydrogens is 270 g/mol. The molecule has 7 nitrogen and oxygen atoms in total. The van der Waals surface area contributed by atoms with E-state index in [2.05, 4.69) is 14.6 Å². The molecule has 0 radical (unpaired) electrons. The Morgan fingerprint density at radius 2 is 2.26 bits per heavy atom. The number of nitrogens with zero attached hydrogens (tertiary/aromatic N) is 2. The van der Waals surface area contributed by atoms with E-state index >= 15 is 0 Å². The van der Waals surface area contributed by atoms with Gasteiger partial charge < -0.3 is 4.74 Å². The zero-order valence-corrected chi connectivity index (χ0v) is 11.7. The van der Waals surface area contributed by atoms with E-state index in [0.29, 0.717) is 24.9 Å². The van der Waals surface area contributed by atoms with E-state index in [9.17, 15) is 13.2 Å². The normalized spacial score (nSPS) is 23.3. The Bertz CT molecular complexity index is 566. The third kappa shape index (κ3) is 2.89. The van der Waals surface area contributed by atoms with Crippen molar-refractivity contribution in [2.45, 2.75) is 24.5 Å². The number of aromatic nitrogens is 2. The maximum atomic E-state index is 12.3. The quantitative estimate of drug-likeness (QED) is 0.815. The van der Waals surface area contributed by atoms with E-state index in [-0.39, 0.29) is 0 Å². The molecule has 1 aromatic heterocycles. The lowest BCUT2D eigenvalue weighted by molar-refractivity contribution is -0.145. The van der Waals surface area contributed by atoms with Crippen molar-refractivity contribution in [2.24, 2.45) is 13.0 Å². The van der Waals surface area contributed by atoms with Crippen molar-refractivity contribution in [3.05, 3.63) is 12.4 Å². The zero-order valence-electron chi connectivity index (χ0n) is 10.9. The molecule has 1 aliphatic rings. The van der Waals surface area contributed by atoms with Gasteiger partial charge in [0, 0.05) is 13.2 Å². The van der Waals surface area contributed by atoms with Gasteiger partial charge in [-0.25, -0.2) is 8.42 Å². The van der Waals surface area contributed by atoms with Crippen LogP contribution in [0.2, 0.25) is 0 Å². The summed E-state index contributed by atoms with van der Waals surface area (Å²) < 4.78 is 33.2. The van der Waals surface area contributed by atoms with Crippen LogP contribution in [-0.4, -0.2) is 36.5 Å². The number of aryl methyl sites for hydroxylation is 1. The van der Waals surface area contributed by atoms with Crippen LogP contribution in [0.1, 0.15) is 19.3 Å².